The lowest BCUT2D eigenvalue weighted by Crippen LogP contribution is -2.45. The van der Waals surface area contributed by atoms with E-state index < -0.39 is 0 Å². The molecule has 1 heterocycles. The van der Waals surface area contributed by atoms with Crippen molar-refractivity contribution < 1.29 is 9.53 Å². The SMILES string of the molecule is CCOc1ccccc1N1CCN(C=O)CC1. The minimum Gasteiger partial charge on any atom is -0.492 e. The van der Waals surface area contributed by atoms with Crippen molar-refractivity contribution in [2.75, 3.05) is 37.7 Å². The second kappa shape index (κ2) is 5.57. The molecule has 92 valence electrons. The molecule has 0 N–H and O–H groups in total. The quantitative estimate of drug-likeness (QED) is 0.737. The number of hydrogen-bond donors (Lipinski definition) is 0. The summed E-state index contributed by atoms with van der Waals surface area (Å²) in [5, 5.41) is 0. The number of carbonyl (C=O) groups excluding carboxylic acids is 1. The number of carbonyl (C=O) groups is 1. The number of anilines is 1. The van der Waals surface area contributed by atoms with Gasteiger partial charge in [-0.1, -0.05) is 12.1 Å². The Morgan fingerprint density at radius 2 is 1.94 bits per heavy atom. The predicted octanol–water partition coefficient (Wildman–Crippen LogP) is 1.36. The van der Waals surface area contributed by atoms with Crippen LogP contribution in [0.25, 0.3) is 0 Å². The number of nitrogens with zero attached hydrogens (tertiary/aromatic N) is 2. The first-order valence-corrected chi connectivity index (χ1v) is 6.01. The van der Waals surface area contributed by atoms with Gasteiger partial charge < -0.3 is 14.5 Å². The largest absolute Gasteiger partial charge is 0.492 e. The van der Waals surface area contributed by atoms with Crippen molar-refractivity contribution in [2.45, 2.75) is 6.92 Å². The molecule has 0 saturated carbocycles. The van der Waals surface area contributed by atoms with Crippen LogP contribution in [0.5, 0.6) is 5.75 Å². The third kappa shape index (κ3) is 2.70. The zero-order chi connectivity index (χ0) is 12.1. The smallest absolute Gasteiger partial charge is 0.209 e. The molecule has 1 saturated heterocycles. The summed E-state index contributed by atoms with van der Waals surface area (Å²) in [5.41, 5.74) is 1.12. The molecule has 1 aliphatic rings. The molecule has 0 bridgehead atoms. The van der Waals surface area contributed by atoms with Gasteiger partial charge in [0.05, 0.1) is 12.3 Å². The van der Waals surface area contributed by atoms with Crippen molar-refractivity contribution in [3.8, 4) is 5.75 Å². The lowest BCUT2D eigenvalue weighted by atomic mass is 10.2. The van der Waals surface area contributed by atoms with Crippen LogP contribution in [0.15, 0.2) is 24.3 Å². The molecule has 1 aromatic rings. The molecule has 1 amide bonds. The van der Waals surface area contributed by atoms with Gasteiger partial charge in [0, 0.05) is 26.2 Å². The van der Waals surface area contributed by atoms with E-state index >= 15 is 0 Å². The van der Waals surface area contributed by atoms with Crippen molar-refractivity contribution in [3.05, 3.63) is 24.3 Å². The van der Waals surface area contributed by atoms with Gasteiger partial charge in [-0.2, -0.15) is 0 Å². The van der Waals surface area contributed by atoms with E-state index in [4.69, 9.17) is 4.74 Å². The van der Waals surface area contributed by atoms with E-state index in [0.29, 0.717) is 6.61 Å². The van der Waals surface area contributed by atoms with Crippen LogP contribution in [0, 0.1) is 0 Å². The highest BCUT2D eigenvalue weighted by Crippen LogP contribution is 2.28. The van der Waals surface area contributed by atoms with Crippen molar-refractivity contribution in [1.29, 1.82) is 0 Å². The molecule has 1 fully saturated rings. The molecule has 4 heteroatoms. The first-order chi connectivity index (χ1) is 8.35. The number of rotatable bonds is 4. The van der Waals surface area contributed by atoms with Crippen LogP contribution >= 0.6 is 0 Å². The van der Waals surface area contributed by atoms with Crippen molar-refractivity contribution in [1.82, 2.24) is 4.90 Å². The fraction of sp³-hybridized carbons (Fsp3) is 0.462. The molecule has 2 rings (SSSR count). The number of piperazine rings is 1. The Balaban J connectivity index is 2.09. The summed E-state index contributed by atoms with van der Waals surface area (Å²) in [6, 6.07) is 8.06. The number of hydrogen-bond acceptors (Lipinski definition) is 3. The van der Waals surface area contributed by atoms with Crippen LogP contribution < -0.4 is 9.64 Å². The van der Waals surface area contributed by atoms with Gasteiger partial charge in [-0.15, -0.1) is 0 Å². The minimum absolute atomic E-state index is 0.672. The van der Waals surface area contributed by atoms with Gasteiger partial charge in [-0.05, 0) is 19.1 Å². The van der Waals surface area contributed by atoms with E-state index in [-0.39, 0.29) is 0 Å². The average molecular weight is 234 g/mol. The highest BCUT2D eigenvalue weighted by molar-refractivity contribution is 5.59. The van der Waals surface area contributed by atoms with Crippen LogP contribution in [0.4, 0.5) is 5.69 Å². The van der Waals surface area contributed by atoms with Gasteiger partial charge in [-0.25, -0.2) is 0 Å². The summed E-state index contributed by atoms with van der Waals surface area (Å²) in [6.45, 7) is 5.95. The minimum atomic E-state index is 0.672. The zero-order valence-electron chi connectivity index (χ0n) is 10.1. The van der Waals surface area contributed by atoms with E-state index in [1.165, 1.54) is 0 Å². The molecule has 1 aromatic carbocycles. The van der Waals surface area contributed by atoms with E-state index in [1.807, 2.05) is 25.1 Å². The Morgan fingerprint density at radius 1 is 1.24 bits per heavy atom. The lowest BCUT2D eigenvalue weighted by Gasteiger charge is -2.34. The maximum absolute atomic E-state index is 10.7. The van der Waals surface area contributed by atoms with Crippen LogP contribution in [0.2, 0.25) is 0 Å². The Hall–Kier alpha value is -1.71. The summed E-state index contributed by atoms with van der Waals surface area (Å²) in [6.07, 6.45) is 0.922. The molecule has 0 spiro atoms. The molecular weight excluding hydrogens is 216 g/mol. The number of amides is 1. The van der Waals surface area contributed by atoms with Gasteiger partial charge in [0.1, 0.15) is 5.75 Å². The Morgan fingerprint density at radius 3 is 2.59 bits per heavy atom. The number of ether oxygens (including phenoxy) is 1. The van der Waals surface area contributed by atoms with Crippen LogP contribution in [0.3, 0.4) is 0 Å². The second-order valence-corrected chi connectivity index (χ2v) is 4.03. The lowest BCUT2D eigenvalue weighted by molar-refractivity contribution is -0.118. The molecule has 1 aliphatic heterocycles. The first kappa shape index (κ1) is 11.8. The maximum atomic E-state index is 10.7. The van der Waals surface area contributed by atoms with E-state index in [0.717, 1.165) is 44.0 Å². The summed E-state index contributed by atoms with van der Waals surface area (Å²) in [4.78, 5) is 14.7. The van der Waals surface area contributed by atoms with Crippen molar-refractivity contribution in [2.24, 2.45) is 0 Å². The van der Waals surface area contributed by atoms with Crippen molar-refractivity contribution >= 4 is 12.1 Å². The standard InChI is InChI=1S/C13H18N2O2/c1-2-17-13-6-4-3-5-12(13)15-9-7-14(11-16)8-10-15/h3-6,11H,2,7-10H2,1H3. The van der Waals surface area contributed by atoms with Crippen molar-refractivity contribution in [3.63, 3.8) is 0 Å². The molecule has 0 atom stereocenters. The summed E-state index contributed by atoms with van der Waals surface area (Å²) in [7, 11) is 0. The van der Waals surface area contributed by atoms with Gasteiger partial charge >= 0.3 is 0 Å². The van der Waals surface area contributed by atoms with E-state index in [9.17, 15) is 4.79 Å². The third-order valence-corrected chi connectivity index (χ3v) is 2.97. The first-order valence-electron chi connectivity index (χ1n) is 6.01. The molecule has 0 aliphatic carbocycles. The Labute approximate surface area is 102 Å². The monoisotopic (exact) mass is 234 g/mol. The van der Waals surface area contributed by atoms with Gasteiger partial charge in [-0.3, -0.25) is 4.79 Å². The maximum Gasteiger partial charge on any atom is 0.209 e. The molecule has 17 heavy (non-hydrogen) atoms. The summed E-state index contributed by atoms with van der Waals surface area (Å²) < 4.78 is 5.62. The Kier molecular flexibility index (Phi) is 3.85. The van der Waals surface area contributed by atoms with Crippen LogP contribution in [0.1, 0.15) is 6.92 Å². The fourth-order valence-electron chi connectivity index (χ4n) is 2.06. The van der Waals surface area contributed by atoms with E-state index in [1.54, 1.807) is 4.90 Å². The molecule has 4 nitrogen and oxygen atoms in total. The van der Waals surface area contributed by atoms with Gasteiger partial charge in [0.25, 0.3) is 0 Å². The molecule has 0 aromatic heterocycles. The second-order valence-electron chi connectivity index (χ2n) is 4.03. The molecular formula is C13H18N2O2. The normalized spacial score (nSPS) is 15.8. The number of para-hydroxylation sites is 2. The highest BCUT2D eigenvalue weighted by atomic mass is 16.5. The summed E-state index contributed by atoms with van der Waals surface area (Å²) >= 11 is 0. The number of benzene rings is 1. The Bertz CT molecular complexity index is 373. The zero-order valence-corrected chi connectivity index (χ0v) is 10.1. The fourth-order valence-corrected chi connectivity index (χ4v) is 2.06. The van der Waals surface area contributed by atoms with Crippen LogP contribution in [-0.2, 0) is 4.79 Å². The van der Waals surface area contributed by atoms with Crippen LogP contribution in [-0.4, -0.2) is 44.1 Å². The highest BCUT2D eigenvalue weighted by Gasteiger charge is 2.18. The third-order valence-electron chi connectivity index (χ3n) is 2.97. The summed E-state index contributed by atoms with van der Waals surface area (Å²) in [5.74, 6) is 0.926. The predicted molar refractivity (Wildman–Crippen MR) is 67.5 cm³/mol. The molecule has 0 radical (unpaired) electrons. The average Bonchev–Trinajstić information content (AvgIpc) is 2.40. The topological polar surface area (TPSA) is 32.8 Å². The van der Waals surface area contributed by atoms with E-state index in [2.05, 4.69) is 11.0 Å². The molecule has 0 unspecified atom stereocenters. The van der Waals surface area contributed by atoms with Gasteiger partial charge in [0.15, 0.2) is 0 Å². The van der Waals surface area contributed by atoms with Gasteiger partial charge in [0.2, 0.25) is 6.41 Å².